The van der Waals surface area contributed by atoms with Gasteiger partial charge in [0.05, 0.1) is 0 Å². The van der Waals surface area contributed by atoms with Crippen LogP contribution in [0.25, 0.3) is 0 Å². The van der Waals surface area contributed by atoms with Gasteiger partial charge in [-0.1, -0.05) is 18.9 Å². The SMILES string of the molecule is C#C[C@]1(O)CC[C@H]2[C@@H]3CC[C@H]4CC(=O)C=C[C@@H]4[C@H]3CC[C@@]21CC. The van der Waals surface area contributed by atoms with E-state index in [2.05, 4.69) is 18.9 Å². The Hall–Kier alpha value is -1.07. The van der Waals surface area contributed by atoms with Gasteiger partial charge in [0.1, 0.15) is 5.60 Å². The van der Waals surface area contributed by atoms with Crippen LogP contribution in [0.15, 0.2) is 12.2 Å². The van der Waals surface area contributed by atoms with E-state index in [1.807, 2.05) is 6.08 Å². The van der Waals surface area contributed by atoms with E-state index in [9.17, 15) is 9.90 Å². The number of terminal acetylenes is 1. The van der Waals surface area contributed by atoms with Crippen molar-refractivity contribution in [1.82, 2.24) is 0 Å². The number of carbonyl (C=O) groups is 1. The maximum absolute atomic E-state index is 11.7. The lowest BCUT2D eigenvalue weighted by Gasteiger charge is -2.56. The number of fused-ring (bicyclic) bond motifs is 5. The van der Waals surface area contributed by atoms with Crippen molar-refractivity contribution in [2.24, 2.45) is 35.0 Å². The van der Waals surface area contributed by atoms with Crippen molar-refractivity contribution in [3.05, 3.63) is 12.2 Å². The molecular formula is C21H28O2. The van der Waals surface area contributed by atoms with Crippen LogP contribution in [0.5, 0.6) is 0 Å². The van der Waals surface area contributed by atoms with Crippen molar-refractivity contribution < 1.29 is 9.90 Å². The van der Waals surface area contributed by atoms with Crippen LogP contribution in [0.2, 0.25) is 0 Å². The normalized spacial score (nSPS) is 51.5. The van der Waals surface area contributed by atoms with Gasteiger partial charge in [-0.3, -0.25) is 4.79 Å². The number of aliphatic hydroxyl groups is 1. The molecule has 7 atom stereocenters. The van der Waals surface area contributed by atoms with Gasteiger partial charge in [-0.05, 0) is 80.6 Å². The van der Waals surface area contributed by atoms with Crippen LogP contribution in [0, 0.1) is 47.3 Å². The van der Waals surface area contributed by atoms with Crippen LogP contribution in [0.3, 0.4) is 0 Å². The first-order valence-electron chi connectivity index (χ1n) is 9.46. The fourth-order valence-electron chi connectivity index (χ4n) is 7.02. The van der Waals surface area contributed by atoms with Crippen molar-refractivity contribution in [1.29, 1.82) is 0 Å². The first-order chi connectivity index (χ1) is 11.0. The molecule has 4 rings (SSSR count). The quantitative estimate of drug-likeness (QED) is 0.749. The average molecular weight is 312 g/mol. The minimum Gasteiger partial charge on any atom is -0.377 e. The Bertz CT molecular complexity index is 585. The molecule has 0 aliphatic heterocycles. The summed E-state index contributed by atoms with van der Waals surface area (Å²) in [5.74, 6) is 6.20. The van der Waals surface area contributed by atoms with Crippen molar-refractivity contribution in [3.63, 3.8) is 0 Å². The van der Waals surface area contributed by atoms with Gasteiger partial charge < -0.3 is 5.11 Å². The Balaban J connectivity index is 1.67. The highest BCUT2D eigenvalue weighted by atomic mass is 16.3. The van der Waals surface area contributed by atoms with Crippen molar-refractivity contribution in [2.45, 2.75) is 63.9 Å². The Morgan fingerprint density at radius 1 is 1.26 bits per heavy atom. The summed E-state index contributed by atoms with van der Waals surface area (Å²) in [7, 11) is 0. The number of carbonyl (C=O) groups excluding carboxylic acids is 1. The van der Waals surface area contributed by atoms with E-state index in [1.54, 1.807) is 0 Å². The molecule has 4 aliphatic carbocycles. The van der Waals surface area contributed by atoms with Gasteiger partial charge in [-0.25, -0.2) is 0 Å². The molecule has 124 valence electrons. The highest BCUT2D eigenvalue weighted by molar-refractivity contribution is 5.90. The first kappa shape index (κ1) is 15.5. The van der Waals surface area contributed by atoms with Gasteiger partial charge in [0, 0.05) is 11.8 Å². The molecule has 0 amide bonds. The number of ketones is 1. The molecule has 3 fully saturated rings. The van der Waals surface area contributed by atoms with Gasteiger partial charge in [-0.2, -0.15) is 0 Å². The molecule has 0 aromatic carbocycles. The lowest BCUT2D eigenvalue weighted by Crippen LogP contribution is -2.54. The van der Waals surface area contributed by atoms with Crippen LogP contribution in [-0.4, -0.2) is 16.5 Å². The minimum absolute atomic E-state index is 0.0655. The topological polar surface area (TPSA) is 37.3 Å². The summed E-state index contributed by atoms with van der Waals surface area (Å²) in [4.78, 5) is 11.7. The van der Waals surface area contributed by atoms with Crippen LogP contribution in [0.1, 0.15) is 58.3 Å². The van der Waals surface area contributed by atoms with Crippen molar-refractivity contribution in [2.75, 3.05) is 0 Å². The van der Waals surface area contributed by atoms with Crippen LogP contribution >= 0.6 is 0 Å². The summed E-state index contributed by atoms with van der Waals surface area (Å²) in [5.41, 5.74) is -0.962. The van der Waals surface area contributed by atoms with Gasteiger partial charge >= 0.3 is 0 Å². The smallest absolute Gasteiger partial charge is 0.155 e. The summed E-state index contributed by atoms with van der Waals surface area (Å²) in [5, 5.41) is 11.1. The molecule has 3 saturated carbocycles. The van der Waals surface area contributed by atoms with Crippen LogP contribution in [0.4, 0.5) is 0 Å². The maximum atomic E-state index is 11.7. The van der Waals surface area contributed by atoms with Gasteiger partial charge in [0.25, 0.3) is 0 Å². The van der Waals surface area contributed by atoms with E-state index in [0.29, 0.717) is 35.4 Å². The van der Waals surface area contributed by atoms with E-state index >= 15 is 0 Å². The average Bonchev–Trinajstić information content (AvgIpc) is 2.88. The summed E-state index contributed by atoms with van der Waals surface area (Å²) < 4.78 is 0. The number of hydrogen-bond acceptors (Lipinski definition) is 2. The van der Waals surface area contributed by atoms with Gasteiger partial charge in [0.2, 0.25) is 0 Å². The standard InChI is InChI=1S/C21H28O2/c1-3-20-11-9-17-16-8-6-15(22)13-14(16)5-7-18(17)19(20)10-12-21(20,23)4-2/h2,6,8,14,16-19,23H,3,5,7,9-13H2,1H3/t14-,16-,17+,18+,19-,20-,21-/m0/s1. The number of allylic oxidation sites excluding steroid dienone is 2. The Morgan fingerprint density at radius 3 is 2.83 bits per heavy atom. The highest BCUT2D eigenvalue weighted by Crippen LogP contribution is 2.66. The molecule has 23 heavy (non-hydrogen) atoms. The van der Waals surface area contributed by atoms with E-state index in [4.69, 9.17) is 6.42 Å². The van der Waals surface area contributed by atoms with E-state index < -0.39 is 5.60 Å². The molecule has 2 nitrogen and oxygen atoms in total. The molecule has 0 bridgehead atoms. The molecule has 0 heterocycles. The van der Waals surface area contributed by atoms with E-state index in [0.717, 1.165) is 32.1 Å². The monoisotopic (exact) mass is 312 g/mol. The highest BCUT2D eigenvalue weighted by Gasteiger charge is 2.63. The number of hydrogen-bond donors (Lipinski definition) is 1. The molecular weight excluding hydrogens is 284 g/mol. The maximum Gasteiger partial charge on any atom is 0.155 e. The van der Waals surface area contributed by atoms with E-state index in [1.165, 1.54) is 19.3 Å². The van der Waals surface area contributed by atoms with E-state index in [-0.39, 0.29) is 5.41 Å². The fraction of sp³-hybridized carbons (Fsp3) is 0.762. The first-order valence-corrected chi connectivity index (χ1v) is 9.46. The summed E-state index contributed by atoms with van der Waals surface area (Å²) in [6.07, 6.45) is 18.0. The molecule has 0 unspecified atom stereocenters. The molecule has 0 saturated heterocycles. The van der Waals surface area contributed by atoms with Crippen LogP contribution in [-0.2, 0) is 4.79 Å². The Morgan fingerprint density at radius 2 is 2.09 bits per heavy atom. The Labute approximate surface area is 139 Å². The van der Waals surface area contributed by atoms with Gasteiger partial charge in [-0.15, -0.1) is 6.42 Å². The minimum atomic E-state index is -0.896. The second-order valence-electron chi connectivity index (χ2n) is 8.47. The third kappa shape index (κ3) is 1.96. The lowest BCUT2D eigenvalue weighted by molar-refractivity contribution is -0.121. The number of rotatable bonds is 1. The van der Waals surface area contributed by atoms with Gasteiger partial charge in [0.15, 0.2) is 5.78 Å². The largest absolute Gasteiger partial charge is 0.377 e. The van der Waals surface area contributed by atoms with Crippen molar-refractivity contribution in [3.8, 4) is 12.3 Å². The zero-order chi connectivity index (χ0) is 16.2. The zero-order valence-electron chi connectivity index (χ0n) is 14.1. The summed E-state index contributed by atoms with van der Waals surface area (Å²) in [6, 6.07) is 0. The molecule has 0 radical (unpaired) electrons. The second-order valence-corrected chi connectivity index (χ2v) is 8.47. The zero-order valence-corrected chi connectivity index (χ0v) is 14.1. The molecule has 2 heteroatoms. The summed E-state index contributed by atoms with van der Waals surface area (Å²) >= 11 is 0. The molecule has 0 aromatic rings. The Kier molecular flexibility index (Phi) is 3.50. The molecule has 0 aromatic heterocycles. The predicted molar refractivity (Wildman–Crippen MR) is 90.4 cm³/mol. The molecule has 0 spiro atoms. The predicted octanol–water partition coefficient (Wildman–Crippen LogP) is 3.74. The second kappa shape index (κ2) is 5.21. The lowest BCUT2D eigenvalue weighted by atomic mass is 9.49. The van der Waals surface area contributed by atoms with Crippen molar-refractivity contribution >= 4 is 5.78 Å². The van der Waals surface area contributed by atoms with Crippen LogP contribution < -0.4 is 0 Å². The molecule has 1 N–H and O–H groups in total. The third-order valence-electron chi connectivity index (χ3n) is 8.09. The fourth-order valence-corrected chi connectivity index (χ4v) is 7.02. The summed E-state index contributed by atoms with van der Waals surface area (Å²) in [6.45, 7) is 2.21. The third-order valence-corrected chi connectivity index (χ3v) is 8.09. The molecule has 4 aliphatic rings.